The summed E-state index contributed by atoms with van der Waals surface area (Å²) >= 11 is 3.55. The summed E-state index contributed by atoms with van der Waals surface area (Å²) in [7, 11) is 1.99. The number of halogens is 1. The van der Waals surface area contributed by atoms with Gasteiger partial charge in [-0.2, -0.15) is 5.10 Å². The molecule has 4 heteroatoms. The van der Waals surface area contributed by atoms with Crippen molar-refractivity contribution < 1.29 is 4.74 Å². The first kappa shape index (κ1) is 8.92. The topological polar surface area (TPSA) is 30.4 Å². The molecule has 76 valence electrons. The van der Waals surface area contributed by atoms with Crippen LogP contribution in [-0.2, 0) is 17.4 Å². The van der Waals surface area contributed by atoms with Crippen LogP contribution in [0, 0.1) is 0 Å². The van der Waals surface area contributed by atoms with Crippen molar-refractivity contribution in [3.8, 4) is 0 Å². The fourth-order valence-electron chi connectivity index (χ4n) is 2.66. The molecule has 2 atom stereocenters. The molecule has 2 heterocycles. The van der Waals surface area contributed by atoms with Crippen LogP contribution < -0.4 is 0 Å². The second kappa shape index (κ2) is 2.83. The monoisotopic (exact) mass is 256 g/mol. The number of fused-ring (bicyclic) bond motifs is 1. The van der Waals surface area contributed by atoms with E-state index >= 15 is 0 Å². The molecule has 1 saturated carbocycles. The second-order valence-corrected chi connectivity index (χ2v) is 5.06. The Morgan fingerprint density at radius 3 is 3.14 bits per heavy atom. The van der Waals surface area contributed by atoms with Gasteiger partial charge in [-0.15, -0.1) is 0 Å². The van der Waals surface area contributed by atoms with Gasteiger partial charge in [0.25, 0.3) is 0 Å². The minimum Gasteiger partial charge on any atom is -0.359 e. The molecule has 2 aliphatic rings. The van der Waals surface area contributed by atoms with Gasteiger partial charge in [-0.1, -0.05) is 6.42 Å². The number of hydrogen-bond acceptors (Lipinski definition) is 2. The largest absolute Gasteiger partial charge is 0.359 e. The minimum absolute atomic E-state index is 0.00231. The van der Waals surface area contributed by atoms with Crippen LogP contribution in [0.3, 0.4) is 0 Å². The lowest BCUT2D eigenvalue weighted by molar-refractivity contribution is 0.276. The molecule has 14 heavy (non-hydrogen) atoms. The molecule has 1 saturated heterocycles. The molecule has 0 N–H and O–H groups in total. The van der Waals surface area contributed by atoms with E-state index in [4.69, 9.17) is 4.74 Å². The van der Waals surface area contributed by atoms with Crippen LogP contribution in [0.15, 0.2) is 10.7 Å². The van der Waals surface area contributed by atoms with E-state index in [1.807, 2.05) is 17.9 Å². The Bertz CT molecular complexity index is 357. The van der Waals surface area contributed by atoms with E-state index in [2.05, 4.69) is 21.0 Å². The Hall–Kier alpha value is -0.350. The zero-order valence-electron chi connectivity index (χ0n) is 8.16. The smallest absolute Gasteiger partial charge is 0.137 e. The van der Waals surface area contributed by atoms with Crippen molar-refractivity contribution in [3.63, 3.8) is 0 Å². The molecule has 0 radical (unpaired) electrons. The zero-order valence-corrected chi connectivity index (χ0v) is 9.75. The lowest BCUT2D eigenvalue weighted by Gasteiger charge is -2.17. The molecule has 0 bridgehead atoms. The highest BCUT2D eigenvalue weighted by molar-refractivity contribution is 9.10. The summed E-state index contributed by atoms with van der Waals surface area (Å²) in [6.07, 6.45) is 7.24. The summed E-state index contributed by atoms with van der Waals surface area (Å²) in [5.41, 5.74) is 1.23. The fourth-order valence-corrected chi connectivity index (χ4v) is 3.35. The molecule has 0 amide bonds. The average Bonchev–Trinajstić information content (AvgIpc) is 2.81. The molecular formula is C10H13BrN2O. The van der Waals surface area contributed by atoms with E-state index in [1.165, 1.54) is 25.0 Å². The summed E-state index contributed by atoms with van der Waals surface area (Å²) in [6, 6.07) is 0. The van der Waals surface area contributed by atoms with E-state index in [1.54, 1.807) is 0 Å². The Morgan fingerprint density at radius 1 is 1.64 bits per heavy atom. The number of rotatable bonds is 1. The molecule has 0 spiro atoms. The quantitative estimate of drug-likeness (QED) is 0.723. The van der Waals surface area contributed by atoms with Crippen LogP contribution in [0.1, 0.15) is 31.4 Å². The Morgan fingerprint density at radius 2 is 2.50 bits per heavy atom. The molecule has 2 fully saturated rings. The van der Waals surface area contributed by atoms with Crippen molar-refractivity contribution in [1.29, 1.82) is 0 Å². The standard InChI is InChI=1S/C10H13BrN2O/c1-13-9(7(11)6-12-13)10-5-3-2-4-8(10)14-10/h6,8H,2-5H2,1H3/t8-,10-/m0/s1. The minimum atomic E-state index is 0.00231. The SMILES string of the molecule is Cn1ncc(Br)c1[C@]12CCCC[C@@H]1O2. The number of epoxide rings is 1. The predicted molar refractivity (Wildman–Crippen MR) is 55.9 cm³/mol. The number of hydrogen-bond donors (Lipinski definition) is 0. The molecule has 3 nitrogen and oxygen atoms in total. The molecule has 1 aliphatic carbocycles. The van der Waals surface area contributed by atoms with Gasteiger partial charge in [0.05, 0.1) is 22.5 Å². The van der Waals surface area contributed by atoms with E-state index in [0.29, 0.717) is 6.10 Å². The molecule has 1 aromatic heterocycles. The highest BCUT2D eigenvalue weighted by Crippen LogP contribution is 2.56. The summed E-state index contributed by atoms with van der Waals surface area (Å²) in [5, 5.41) is 4.25. The summed E-state index contributed by atoms with van der Waals surface area (Å²) < 4.78 is 8.91. The van der Waals surface area contributed by atoms with Crippen molar-refractivity contribution in [1.82, 2.24) is 9.78 Å². The van der Waals surface area contributed by atoms with Gasteiger partial charge in [-0.25, -0.2) is 0 Å². The third-order valence-corrected chi connectivity index (χ3v) is 3.96. The van der Waals surface area contributed by atoms with Crippen molar-refractivity contribution in [3.05, 3.63) is 16.4 Å². The van der Waals surface area contributed by atoms with Gasteiger partial charge < -0.3 is 4.74 Å². The lowest BCUT2D eigenvalue weighted by atomic mass is 9.87. The Balaban J connectivity index is 2.03. The van der Waals surface area contributed by atoms with Crippen LogP contribution in [0.25, 0.3) is 0 Å². The maximum absolute atomic E-state index is 5.88. The summed E-state index contributed by atoms with van der Waals surface area (Å²) in [5.74, 6) is 0. The third-order valence-electron chi connectivity index (χ3n) is 3.37. The first-order valence-corrected chi connectivity index (χ1v) is 5.89. The van der Waals surface area contributed by atoms with Gasteiger partial charge in [0.2, 0.25) is 0 Å². The van der Waals surface area contributed by atoms with Gasteiger partial charge in [-0.05, 0) is 35.2 Å². The number of ether oxygens (including phenoxy) is 1. The van der Waals surface area contributed by atoms with Crippen LogP contribution in [0.5, 0.6) is 0 Å². The van der Waals surface area contributed by atoms with Crippen LogP contribution >= 0.6 is 15.9 Å². The first-order chi connectivity index (χ1) is 6.74. The molecular weight excluding hydrogens is 244 g/mol. The fraction of sp³-hybridized carbons (Fsp3) is 0.700. The van der Waals surface area contributed by atoms with Gasteiger partial charge in [0.1, 0.15) is 5.60 Å². The summed E-state index contributed by atoms with van der Waals surface area (Å²) in [4.78, 5) is 0. The van der Waals surface area contributed by atoms with Gasteiger partial charge >= 0.3 is 0 Å². The van der Waals surface area contributed by atoms with Gasteiger partial charge in [0.15, 0.2) is 0 Å². The van der Waals surface area contributed by atoms with E-state index in [0.717, 1.165) is 10.9 Å². The predicted octanol–water partition coefficient (Wildman–Crippen LogP) is 2.35. The van der Waals surface area contributed by atoms with E-state index < -0.39 is 0 Å². The number of aryl methyl sites for hydroxylation is 1. The number of nitrogens with zero attached hydrogens (tertiary/aromatic N) is 2. The maximum Gasteiger partial charge on any atom is 0.137 e. The maximum atomic E-state index is 5.88. The zero-order chi connectivity index (χ0) is 9.76. The van der Waals surface area contributed by atoms with Gasteiger partial charge in [-0.3, -0.25) is 4.68 Å². The van der Waals surface area contributed by atoms with Crippen LogP contribution in [0.2, 0.25) is 0 Å². The van der Waals surface area contributed by atoms with Crippen molar-refractivity contribution in [2.75, 3.05) is 0 Å². The third kappa shape index (κ3) is 1.04. The number of aromatic nitrogens is 2. The van der Waals surface area contributed by atoms with Crippen molar-refractivity contribution in [2.45, 2.75) is 37.4 Å². The molecule has 3 rings (SSSR count). The Labute approximate surface area is 91.6 Å². The van der Waals surface area contributed by atoms with Crippen molar-refractivity contribution >= 4 is 15.9 Å². The summed E-state index contributed by atoms with van der Waals surface area (Å²) in [6.45, 7) is 0. The van der Waals surface area contributed by atoms with Gasteiger partial charge in [0, 0.05) is 7.05 Å². The highest BCUT2D eigenvalue weighted by atomic mass is 79.9. The Kier molecular flexibility index (Phi) is 1.80. The van der Waals surface area contributed by atoms with E-state index in [9.17, 15) is 0 Å². The van der Waals surface area contributed by atoms with Crippen molar-refractivity contribution in [2.24, 2.45) is 7.05 Å². The van der Waals surface area contributed by atoms with Crippen LogP contribution in [0.4, 0.5) is 0 Å². The first-order valence-electron chi connectivity index (χ1n) is 5.10. The van der Waals surface area contributed by atoms with Crippen LogP contribution in [-0.4, -0.2) is 15.9 Å². The highest BCUT2D eigenvalue weighted by Gasteiger charge is 2.60. The molecule has 1 aromatic rings. The lowest BCUT2D eigenvalue weighted by Crippen LogP contribution is -2.21. The normalized spacial score (nSPS) is 35.4. The second-order valence-electron chi connectivity index (χ2n) is 4.21. The molecule has 0 unspecified atom stereocenters. The average molecular weight is 257 g/mol. The van der Waals surface area contributed by atoms with E-state index in [-0.39, 0.29) is 5.60 Å². The molecule has 0 aromatic carbocycles. The molecule has 1 aliphatic heterocycles.